The number of halogens is 1. The van der Waals surface area contributed by atoms with E-state index in [1.165, 1.54) is 18.2 Å². The number of carbonyl (C=O) groups is 1. The summed E-state index contributed by atoms with van der Waals surface area (Å²) in [7, 11) is 3.66. The van der Waals surface area contributed by atoms with E-state index < -0.39 is 0 Å². The summed E-state index contributed by atoms with van der Waals surface area (Å²) in [4.78, 5) is 13.4. The van der Waals surface area contributed by atoms with Gasteiger partial charge < -0.3 is 10.2 Å². The molecule has 0 aromatic heterocycles. The van der Waals surface area contributed by atoms with E-state index in [-0.39, 0.29) is 11.7 Å². The zero-order valence-corrected chi connectivity index (χ0v) is 10.8. The van der Waals surface area contributed by atoms with Crippen molar-refractivity contribution >= 4 is 12.0 Å². The van der Waals surface area contributed by atoms with Crippen LogP contribution < -0.4 is 5.32 Å². The molecule has 0 aliphatic heterocycles. The van der Waals surface area contributed by atoms with Gasteiger partial charge in [-0.25, -0.2) is 4.39 Å². The molecule has 0 aliphatic rings. The molecular weight excluding hydrogens is 231 g/mol. The van der Waals surface area contributed by atoms with Crippen molar-refractivity contribution in [3.8, 4) is 0 Å². The van der Waals surface area contributed by atoms with Gasteiger partial charge in [-0.05, 0) is 43.8 Å². The highest BCUT2D eigenvalue weighted by molar-refractivity contribution is 5.91. The van der Waals surface area contributed by atoms with Crippen LogP contribution in [-0.4, -0.2) is 38.0 Å². The fourth-order valence-corrected chi connectivity index (χ4v) is 1.47. The fourth-order valence-electron chi connectivity index (χ4n) is 1.47. The van der Waals surface area contributed by atoms with Crippen LogP contribution in [0.1, 0.15) is 12.0 Å². The second kappa shape index (κ2) is 7.61. The van der Waals surface area contributed by atoms with Crippen molar-refractivity contribution in [3.63, 3.8) is 0 Å². The fraction of sp³-hybridized carbons (Fsp3) is 0.357. The third-order valence-corrected chi connectivity index (χ3v) is 2.58. The van der Waals surface area contributed by atoms with E-state index >= 15 is 0 Å². The van der Waals surface area contributed by atoms with Gasteiger partial charge in [0.15, 0.2) is 0 Å². The van der Waals surface area contributed by atoms with Crippen LogP contribution >= 0.6 is 0 Å². The molecule has 4 heteroatoms. The highest BCUT2D eigenvalue weighted by Crippen LogP contribution is 2.05. The largest absolute Gasteiger partial charge is 0.342 e. The molecule has 0 heterocycles. The summed E-state index contributed by atoms with van der Waals surface area (Å²) >= 11 is 0. The van der Waals surface area contributed by atoms with Crippen LogP contribution in [0.15, 0.2) is 30.3 Å². The molecule has 0 saturated carbocycles. The Morgan fingerprint density at radius 1 is 1.39 bits per heavy atom. The third kappa shape index (κ3) is 5.10. The van der Waals surface area contributed by atoms with E-state index in [4.69, 9.17) is 0 Å². The summed E-state index contributed by atoms with van der Waals surface area (Å²) in [6.45, 7) is 1.60. The van der Waals surface area contributed by atoms with Crippen molar-refractivity contribution in [2.24, 2.45) is 0 Å². The summed E-state index contributed by atoms with van der Waals surface area (Å²) in [5, 5.41) is 3.03. The molecule has 3 nitrogen and oxygen atoms in total. The number of benzene rings is 1. The van der Waals surface area contributed by atoms with Gasteiger partial charge in [0, 0.05) is 19.7 Å². The summed E-state index contributed by atoms with van der Waals surface area (Å²) in [6.07, 6.45) is 4.12. The van der Waals surface area contributed by atoms with E-state index in [1.807, 2.05) is 7.05 Å². The van der Waals surface area contributed by atoms with Gasteiger partial charge in [0.05, 0.1) is 0 Å². The van der Waals surface area contributed by atoms with Crippen LogP contribution in [0.25, 0.3) is 6.08 Å². The molecule has 1 aromatic carbocycles. The normalized spacial score (nSPS) is 10.8. The first-order valence-electron chi connectivity index (χ1n) is 5.97. The summed E-state index contributed by atoms with van der Waals surface area (Å²) in [5.41, 5.74) is 0.813. The van der Waals surface area contributed by atoms with Gasteiger partial charge >= 0.3 is 0 Å². The second-order valence-electron chi connectivity index (χ2n) is 4.10. The Hall–Kier alpha value is -1.68. The second-order valence-corrected chi connectivity index (χ2v) is 4.10. The quantitative estimate of drug-likeness (QED) is 0.618. The first-order chi connectivity index (χ1) is 8.63. The molecule has 1 amide bonds. The molecule has 0 saturated heterocycles. The molecule has 1 rings (SSSR count). The molecule has 0 atom stereocenters. The predicted molar refractivity (Wildman–Crippen MR) is 71.6 cm³/mol. The number of rotatable bonds is 6. The Morgan fingerprint density at radius 2 is 2.06 bits per heavy atom. The molecule has 1 N–H and O–H groups in total. The van der Waals surface area contributed by atoms with Crippen LogP contribution in [0.2, 0.25) is 0 Å². The maximum Gasteiger partial charge on any atom is 0.246 e. The first kappa shape index (κ1) is 14.4. The van der Waals surface area contributed by atoms with Gasteiger partial charge in [0.1, 0.15) is 5.82 Å². The standard InChI is InChI=1S/C14H19FN2O/c1-16-10-3-11-17(2)14(18)9-6-12-4-7-13(15)8-5-12/h4-9,16H,3,10-11H2,1-2H3. The molecule has 0 aliphatic carbocycles. The summed E-state index contributed by atoms with van der Waals surface area (Å²) in [5.74, 6) is -0.321. The van der Waals surface area contributed by atoms with Crippen LogP contribution in [0.5, 0.6) is 0 Å². The predicted octanol–water partition coefficient (Wildman–Crippen LogP) is 1.91. The van der Waals surface area contributed by atoms with Crippen LogP contribution in [0.3, 0.4) is 0 Å². The van der Waals surface area contributed by atoms with E-state index in [0.29, 0.717) is 6.54 Å². The summed E-state index contributed by atoms with van der Waals surface area (Å²) < 4.78 is 12.7. The Bertz CT molecular complexity index is 401. The lowest BCUT2D eigenvalue weighted by atomic mass is 10.2. The monoisotopic (exact) mass is 250 g/mol. The molecule has 0 fully saturated rings. The minimum Gasteiger partial charge on any atom is -0.342 e. The smallest absolute Gasteiger partial charge is 0.246 e. The van der Waals surface area contributed by atoms with Crippen LogP contribution in [0.4, 0.5) is 4.39 Å². The maximum absolute atomic E-state index is 12.7. The maximum atomic E-state index is 12.7. The first-order valence-corrected chi connectivity index (χ1v) is 5.97. The van der Waals surface area contributed by atoms with Crippen LogP contribution in [-0.2, 0) is 4.79 Å². The SMILES string of the molecule is CNCCCN(C)C(=O)C=Cc1ccc(F)cc1. The lowest BCUT2D eigenvalue weighted by Crippen LogP contribution is -2.27. The highest BCUT2D eigenvalue weighted by atomic mass is 19.1. The van der Waals surface area contributed by atoms with E-state index in [1.54, 1.807) is 30.2 Å². The Labute approximate surface area is 107 Å². The number of hydrogen-bond acceptors (Lipinski definition) is 2. The number of nitrogens with one attached hydrogen (secondary N) is 1. The van der Waals surface area contributed by atoms with Crippen molar-refractivity contribution in [1.82, 2.24) is 10.2 Å². The Kier molecular flexibility index (Phi) is 6.08. The van der Waals surface area contributed by atoms with Gasteiger partial charge in [-0.3, -0.25) is 4.79 Å². The number of nitrogens with zero attached hydrogens (tertiary/aromatic N) is 1. The average molecular weight is 250 g/mol. The molecule has 0 spiro atoms. The van der Waals surface area contributed by atoms with Crippen molar-refractivity contribution < 1.29 is 9.18 Å². The van der Waals surface area contributed by atoms with Crippen LogP contribution in [0, 0.1) is 5.82 Å². The number of hydrogen-bond donors (Lipinski definition) is 1. The van der Waals surface area contributed by atoms with Gasteiger partial charge in [-0.1, -0.05) is 12.1 Å². The lowest BCUT2D eigenvalue weighted by molar-refractivity contribution is -0.124. The van der Waals surface area contributed by atoms with Crippen molar-refractivity contribution in [2.45, 2.75) is 6.42 Å². The molecule has 18 heavy (non-hydrogen) atoms. The molecule has 0 radical (unpaired) electrons. The number of carbonyl (C=O) groups excluding carboxylic acids is 1. The minimum atomic E-state index is -0.275. The summed E-state index contributed by atoms with van der Waals surface area (Å²) in [6, 6.07) is 6.03. The third-order valence-electron chi connectivity index (χ3n) is 2.58. The zero-order chi connectivity index (χ0) is 13.4. The molecule has 0 bridgehead atoms. The zero-order valence-electron chi connectivity index (χ0n) is 10.8. The average Bonchev–Trinajstić information content (AvgIpc) is 2.38. The van der Waals surface area contributed by atoms with E-state index in [0.717, 1.165) is 18.5 Å². The number of amides is 1. The number of likely N-dealkylation sites (N-methyl/N-ethyl adjacent to an activating group) is 1. The Balaban J connectivity index is 2.45. The molecular formula is C14H19FN2O. The molecule has 0 unspecified atom stereocenters. The van der Waals surface area contributed by atoms with Crippen molar-refractivity contribution in [1.29, 1.82) is 0 Å². The highest BCUT2D eigenvalue weighted by Gasteiger charge is 2.03. The van der Waals surface area contributed by atoms with Gasteiger partial charge in [0.25, 0.3) is 0 Å². The molecule has 1 aromatic rings. The van der Waals surface area contributed by atoms with Crippen molar-refractivity contribution in [2.75, 3.05) is 27.2 Å². The lowest BCUT2D eigenvalue weighted by Gasteiger charge is -2.14. The van der Waals surface area contributed by atoms with E-state index in [9.17, 15) is 9.18 Å². The topological polar surface area (TPSA) is 32.3 Å². The molecule has 98 valence electrons. The van der Waals surface area contributed by atoms with Gasteiger partial charge in [0.2, 0.25) is 5.91 Å². The minimum absolute atomic E-state index is 0.0459. The van der Waals surface area contributed by atoms with Gasteiger partial charge in [-0.2, -0.15) is 0 Å². The van der Waals surface area contributed by atoms with E-state index in [2.05, 4.69) is 5.32 Å². The van der Waals surface area contributed by atoms with Crippen molar-refractivity contribution in [3.05, 3.63) is 41.7 Å². The van der Waals surface area contributed by atoms with Gasteiger partial charge in [-0.15, -0.1) is 0 Å². The Morgan fingerprint density at radius 3 is 2.67 bits per heavy atom.